The van der Waals surface area contributed by atoms with Gasteiger partial charge in [-0.2, -0.15) is 0 Å². The molecule has 1 aliphatic heterocycles. The molecule has 0 radical (unpaired) electrons. The molecule has 1 N–H and O–H groups in total. The molecule has 1 aliphatic rings. The van der Waals surface area contributed by atoms with E-state index in [1.54, 1.807) is 18.4 Å². The summed E-state index contributed by atoms with van der Waals surface area (Å²) in [4.78, 5) is 3.54. The maximum atomic E-state index is 6.47. The molecule has 3 aromatic carbocycles. The number of rotatable bonds is 8. The van der Waals surface area contributed by atoms with Gasteiger partial charge in [0.05, 0.1) is 12.0 Å². The van der Waals surface area contributed by atoms with Crippen LogP contribution >= 0.6 is 11.3 Å². The Balaban J connectivity index is 1.35. The first-order valence-corrected chi connectivity index (χ1v) is 12.5. The van der Waals surface area contributed by atoms with Crippen molar-refractivity contribution in [1.82, 2.24) is 10.2 Å². The predicted molar refractivity (Wildman–Crippen MR) is 140 cm³/mol. The second-order valence-electron chi connectivity index (χ2n) is 8.50. The zero-order valence-corrected chi connectivity index (χ0v) is 20.5. The van der Waals surface area contributed by atoms with Gasteiger partial charge < -0.3 is 19.5 Å². The van der Waals surface area contributed by atoms with Crippen LogP contribution in [0.25, 0.3) is 20.5 Å². The zero-order valence-electron chi connectivity index (χ0n) is 19.7. The van der Waals surface area contributed by atoms with Crippen molar-refractivity contribution >= 4 is 21.4 Å². The summed E-state index contributed by atoms with van der Waals surface area (Å²) in [6.07, 6.45) is 0. The third-order valence-corrected chi connectivity index (χ3v) is 7.28. The first kappa shape index (κ1) is 22.7. The van der Waals surface area contributed by atoms with E-state index in [9.17, 15) is 0 Å². The lowest BCUT2D eigenvalue weighted by Crippen LogP contribution is -2.44. The molecule has 0 bridgehead atoms. The normalized spacial score (nSPS) is 14.3. The first-order chi connectivity index (χ1) is 16.7. The highest BCUT2D eigenvalue weighted by Gasteiger charge is 2.17. The fourth-order valence-electron chi connectivity index (χ4n) is 4.13. The van der Waals surface area contributed by atoms with Gasteiger partial charge in [-0.3, -0.25) is 4.90 Å². The summed E-state index contributed by atoms with van der Waals surface area (Å²) >= 11 is 1.72. The zero-order chi connectivity index (χ0) is 23.3. The molecule has 34 heavy (non-hydrogen) atoms. The molecule has 0 aliphatic carbocycles. The number of nitrogens with one attached hydrogen (secondary N) is 1. The van der Waals surface area contributed by atoms with Crippen LogP contribution in [0.4, 0.5) is 0 Å². The molecule has 176 valence electrons. The SMILES string of the molecule is COc1ccc2c(Oc3ccc(OCCN4CCNCC4)cc3)c(-c3ccc(C)cc3)sc2c1. The quantitative estimate of drug-likeness (QED) is 0.341. The fraction of sp³-hybridized carbons (Fsp3) is 0.286. The Labute approximate surface area is 204 Å². The maximum absolute atomic E-state index is 6.47. The number of ether oxygens (including phenoxy) is 3. The number of piperazine rings is 1. The molecule has 0 saturated carbocycles. The van der Waals surface area contributed by atoms with E-state index in [2.05, 4.69) is 53.5 Å². The molecule has 1 saturated heterocycles. The van der Waals surface area contributed by atoms with Crippen molar-refractivity contribution in [3.63, 3.8) is 0 Å². The molecule has 1 aromatic heterocycles. The van der Waals surface area contributed by atoms with E-state index < -0.39 is 0 Å². The molecule has 2 heterocycles. The van der Waals surface area contributed by atoms with E-state index in [1.165, 1.54) is 5.56 Å². The molecular formula is C28H30N2O3S. The summed E-state index contributed by atoms with van der Waals surface area (Å²) in [6.45, 7) is 8.02. The lowest BCUT2D eigenvalue weighted by Gasteiger charge is -2.26. The Morgan fingerprint density at radius 2 is 1.59 bits per heavy atom. The van der Waals surface area contributed by atoms with Gasteiger partial charge in [-0.05, 0) is 55.0 Å². The Morgan fingerprint density at radius 1 is 0.882 bits per heavy atom. The Morgan fingerprint density at radius 3 is 2.32 bits per heavy atom. The Hall–Kier alpha value is -3.06. The van der Waals surface area contributed by atoms with Crippen LogP contribution in [0.2, 0.25) is 0 Å². The van der Waals surface area contributed by atoms with Crippen LogP contribution in [0, 0.1) is 6.92 Å². The molecule has 5 rings (SSSR count). The monoisotopic (exact) mass is 474 g/mol. The van der Waals surface area contributed by atoms with Crippen molar-refractivity contribution in [2.24, 2.45) is 0 Å². The molecule has 0 amide bonds. The Kier molecular flexibility index (Phi) is 7.00. The van der Waals surface area contributed by atoms with Crippen molar-refractivity contribution in [3.8, 4) is 33.4 Å². The van der Waals surface area contributed by atoms with Gasteiger partial charge in [0, 0.05) is 42.8 Å². The molecular weight excluding hydrogens is 444 g/mol. The summed E-state index contributed by atoms with van der Waals surface area (Å²) in [5.41, 5.74) is 2.38. The third-order valence-electron chi connectivity index (χ3n) is 6.09. The number of thiophene rings is 1. The summed E-state index contributed by atoms with van der Waals surface area (Å²) in [6, 6.07) is 22.6. The van der Waals surface area contributed by atoms with E-state index in [0.717, 1.165) is 76.2 Å². The van der Waals surface area contributed by atoms with Gasteiger partial charge in [0.2, 0.25) is 0 Å². The second kappa shape index (κ2) is 10.5. The van der Waals surface area contributed by atoms with E-state index in [1.807, 2.05) is 30.3 Å². The van der Waals surface area contributed by atoms with Gasteiger partial charge in [-0.25, -0.2) is 0 Å². The number of benzene rings is 3. The van der Waals surface area contributed by atoms with Crippen LogP contribution in [0.5, 0.6) is 23.0 Å². The number of aryl methyl sites for hydroxylation is 1. The van der Waals surface area contributed by atoms with Crippen molar-refractivity contribution < 1.29 is 14.2 Å². The molecule has 5 nitrogen and oxygen atoms in total. The standard InChI is InChI=1S/C28H30N2O3S/c1-20-3-5-21(6-4-20)28-27(25-12-11-24(31-2)19-26(25)34-28)33-23-9-7-22(8-10-23)32-18-17-30-15-13-29-14-16-30/h3-12,19,29H,13-18H2,1-2H3. The molecule has 0 spiro atoms. The van der Waals surface area contributed by atoms with Gasteiger partial charge in [-0.1, -0.05) is 29.8 Å². The van der Waals surface area contributed by atoms with Gasteiger partial charge >= 0.3 is 0 Å². The van der Waals surface area contributed by atoms with Crippen LogP contribution < -0.4 is 19.5 Å². The number of hydrogen-bond donors (Lipinski definition) is 1. The molecule has 0 unspecified atom stereocenters. The highest BCUT2D eigenvalue weighted by Crippen LogP contribution is 2.47. The molecule has 0 atom stereocenters. The van der Waals surface area contributed by atoms with Crippen molar-refractivity contribution in [2.45, 2.75) is 6.92 Å². The number of nitrogens with zero attached hydrogens (tertiary/aromatic N) is 1. The maximum Gasteiger partial charge on any atom is 0.153 e. The smallest absolute Gasteiger partial charge is 0.153 e. The second-order valence-corrected chi connectivity index (χ2v) is 9.55. The van der Waals surface area contributed by atoms with Crippen LogP contribution in [0.15, 0.2) is 66.7 Å². The van der Waals surface area contributed by atoms with Crippen LogP contribution in [-0.4, -0.2) is 51.3 Å². The van der Waals surface area contributed by atoms with Gasteiger partial charge in [0.15, 0.2) is 5.75 Å². The van der Waals surface area contributed by atoms with Gasteiger partial charge in [0.25, 0.3) is 0 Å². The summed E-state index contributed by atoms with van der Waals surface area (Å²) < 4.78 is 19.0. The number of fused-ring (bicyclic) bond motifs is 1. The minimum absolute atomic E-state index is 0.689. The van der Waals surface area contributed by atoms with E-state index in [4.69, 9.17) is 14.2 Å². The molecule has 4 aromatic rings. The average Bonchev–Trinajstić information content (AvgIpc) is 3.23. The summed E-state index contributed by atoms with van der Waals surface area (Å²) in [5, 5.41) is 4.46. The molecule has 6 heteroatoms. The third kappa shape index (κ3) is 5.20. The highest BCUT2D eigenvalue weighted by molar-refractivity contribution is 7.22. The van der Waals surface area contributed by atoms with Gasteiger partial charge in [-0.15, -0.1) is 11.3 Å². The van der Waals surface area contributed by atoms with E-state index in [0.29, 0.717) is 6.61 Å². The lowest BCUT2D eigenvalue weighted by molar-refractivity contribution is 0.191. The minimum atomic E-state index is 0.689. The average molecular weight is 475 g/mol. The van der Waals surface area contributed by atoms with Gasteiger partial charge in [0.1, 0.15) is 23.9 Å². The minimum Gasteiger partial charge on any atom is -0.497 e. The summed E-state index contributed by atoms with van der Waals surface area (Å²) in [7, 11) is 1.69. The molecule has 1 fully saturated rings. The first-order valence-electron chi connectivity index (χ1n) is 11.7. The van der Waals surface area contributed by atoms with E-state index >= 15 is 0 Å². The van der Waals surface area contributed by atoms with Crippen molar-refractivity contribution in [3.05, 3.63) is 72.3 Å². The summed E-state index contributed by atoms with van der Waals surface area (Å²) in [5.74, 6) is 3.37. The van der Waals surface area contributed by atoms with Crippen LogP contribution in [-0.2, 0) is 0 Å². The number of hydrogen-bond acceptors (Lipinski definition) is 6. The largest absolute Gasteiger partial charge is 0.497 e. The van der Waals surface area contributed by atoms with E-state index in [-0.39, 0.29) is 0 Å². The predicted octanol–water partition coefficient (Wildman–Crippen LogP) is 5.96. The fourth-order valence-corrected chi connectivity index (χ4v) is 5.29. The topological polar surface area (TPSA) is 43.0 Å². The van der Waals surface area contributed by atoms with Crippen LogP contribution in [0.1, 0.15) is 5.56 Å². The Bertz CT molecular complexity index is 1230. The van der Waals surface area contributed by atoms with Crippen molar-refractivity contribution in [2.75, 3.05) is 46.4 Å². The lowest BCUT2D eigenvalue weighted by atomic mass is 10.1. The highest BCUT2D eigenvalue weighted by atomic mass is 32.1. The van der Waals surface area contributed by atoms with Crippen molar-refractivity contribution in [1.29, 1.82) is 0 Å². The number of methoxy groups -OCH3 is 1. The van der Waals surface area contributed by atoms with Crippen LogP contribution in [0.3, 0.4) is 0 Å².